The summed E-state index contributed by atoms with van der Waals surface area (Å²) >= 11 is 5.81. The van der Waals surface area contributed by atoms with Gasteiger partial charge in [0.15, 0.2) is 0 Å². The number of nitrogens with one attached hydrogen (secondary N) is 1. The van der Waals surface area contributed by atoms with Crippen LogP contribution in [0.4, 0.5) is 0 Å². The first kappa shape index (κ1) is 19.6. The van der Waals surface area contributed by atoms with Crippen molar-refractivity contribution in [2.45, 2.75) is 38.5 Å². The minimum atomic E-state index is -1.50. The average molecular weight is 427 g/mol. The first-order chi connectivity index (χ1) is 13.5. The summed E-state index contributed by atoms with van der Waals surface area (Å²) in [4.78, 5) is 25.5. The number of aromatic nitrogens is 2. The summed E-state index contributed by atoms with van der Waals surface area (Å²) in [6, 6.07) is 0. The summed E-state index contributed by atoms with van der Waals surface area (Å²) in [5.41, 5.74) is 0.931. The Labute approximate surface area is 167 Å². The second-order valence-electron chi connectivity index (χ2n) is 6.70. The molecule has 1 N–H and O–H groups in total. The monoisotopic (exact) mass is 426 g/mol. The lowest BCUT2D eigenvalue weighted by Crippen LogP contribution is -2.32. The molecule has 3 atom stereocenters. The molecule has 0 amide bonds. The van der Waals surface area contributed by atoms with Crippen molar-refractivity contribution in [3.63, 3.8) is 0 Å². The lowest BCUT2D eigenvalue weighted by molar-refractivity contribution is -0.0232. The SMILES string of the molecule is CC1=CCC=CC2=C1OP(OCC1CCC(n3cc(Cl)c(=O)[nH]c3=O)O1)OC2. The van der Waals surface area contributed by atoms with Crippen LogP contribution in [0.25, 0.3) is 0 Å². The molecule has 1 aromatic rings. The maximum Gasteiger partial charge on any atom is 0.397 e. The van der Waals surface area contributed by atoms with Crippen LogP contribution in [0, 0.1) is 0 Å². The minimum absolute atomic E-state index is 0.0553. The topological polar surface area (TPSA) is 91.8 Å². The number of ether oxygens (including phenoxy) is 1. The summed E-state index contributed by atoms with van der Waals surface area (Å²) in [5.74, 6) is 0.825. The Hall–Kier alpha value is -1.70. The van der Waals surface area contributed by atoms with E-state index in [1.54, 1.807) is 0 Å². The van der Waals surface area contributed by atoms with Crippen LogP contribution < -0.4 is 11.2 Å². The zero-order chi connectivity index (χ0) is 19.7. The Morgan fingerprint density at radius 1 is 1.39 bits per heavy atom. The van der Waals surface area contributed by atoms with Crippen LogP contribution in [0.15, 0.2) is 50.9 Å². The maximum absolute atomic E-state index is 12.0. The molecular formula is C18H20ClN2O6P. The van der Waals surface area contributed by atoms with Gasteiger partial charge in [-0.25, -0.2) is 4.79 Å². The van der Waals surface area contributed by atoms with Gasteiger partial charge in [0.1, 0.15) is 17.0 Å². The van der Waals surface area contributed by atoms with Crippen LogP contribution in [0.1, 0.15) is 32.4 Å². The van der Waals surface area contributed by atoms with Crippen molar-refractivity contribution in [1.82, 2.24) is 9.55 Å². The molecule has 4 rings (SSSR count). The van der Waals surface area contributed by atoms with Gasteiger partial charge in [0.25, 0.3) is 5.56 Å². The van der Waals surface area contributed by atoms with Crippen molar-refractivity contribution in [2.24, 2.45) is 0 Å². The van der Waals surface area contributed by atoms with E-state index in [4.69, 9.17) is 29.9 Å². The van der Waals surface area contributed by atoms with E-state index in [1.807, 2.05) is 13.0 Å². The summed E-state index contributed by atoms with van der Waals surface area (Å²) < 4.78 is 24.6. The number of aromatic amines is 1. The molecule has 2 aliphatic heterocycles. The summed E-state index contributed by atoms with van der Waals surface area (Å²) in [7, 11) is -1.50. The van der Waals surface area contributed by atoms with Crippen molar-refractivity contribution in [3.05, 3.63) is 67.2 Å². The lowest BCUT2D eigenvalue weighted by atomic mass is 10.1. The molecule has 150 valence electrons. The number of hydrogen-bond donors (Lipinski definition) is 1. The predicted molar refractivity (Wildman–Crippen MR) is 104 cm³/mol. The van der Waals surface area contributed by atoms with E-state index < -0.39 is 26.1 Å². The van der Waals surface area contributed by atoms with Gasteiger partial charge in [-0.05, 0) is 31.8 Å². The first-order valence-electron chi connectivity index (χ1n) is 8.98. The van der Waals surface area contributed by atoms with E-state index in [0.29, 0.717) is 19.4 Å². The van der Waals surface area contributed by atoms with Gasteiger partial charge in [-0.3, -0.25) is 23.4 Å². The molecule has 3 heterocycles. The molecule has 0 saturated carbocycles. The molecule has 3 unspecified atom stereocenters. The normalized spacial score (nSPS) is 27.2. The first-order valence-corrected chi connectivity index (χ1v) is 10.5. The Balaban J connectivity index is 1.34. The number of H-pyrrole nitrogens is 1. The van der Waals surface area contributed by atoms with E-state index >= 15 is 0 Å². The molecule has 1 aliphatic carbocycles. The number of allylic oxidation sites excluding steroid dienone is 3. The zero-order valence-electron chi connectivity index (χ0n) is 15.2. The fraction of sp³-hybridized carbons (Fsp3) is 0.444. The standard InChI is InChI=1S/C18H20ClN2O6P/c1-11-4-2-3-5-12-9-24-28(27-16(11)12)25-10-13-6-7-15(26-13)21-8-14(19)17(22)20-18(21)23/h3-5,8,13,15H,2,6-7,9-10H2,1H3,(H,20,22,23). The largest absolute Gasteiger partial charge is 0.426 e. The van der Waals surface area contributed by atoms with Gasteiger partial charge >= 0.3 is 14.3 Å². The van der Waals surface area contributed by atoms with Crippen LogP contribution in [0.5, 0.6) is 0 Å². The summed E-state index contributed by atoms with van der Waals surface area (Å²) in [6.45, 7) is 2.75. The second kappa shape index (κ2) is 8.35. The third-order valence-corrected chi connectivity index (χ3v) is 6.01. The fourth-order valence-corrected chi connectivity index (χ4v) is 4.52. The van der Waals surface area contributed by atoms with Gasteiger partial charge in [-0.15, -0.1) is 0 Å². The fourth-order valence-electron chi connectivity index (χ4n) is 3.24. The third-order valence-electron chi connectivity index (χ3n) is 4.71. The van der Waals surface area contributed by atoms with Gasteiger partial charge in [0.2, 0.25) is 0 Å². The van der Waals surface area contributed by atoms with Crippen molar-refractivity contribution < 1.29 is 18.3 Å². The highest BCUT2D eigenvalue weighted by Gasteiger charge is 2.31. The quantitative estimate of drug-likeness (QED) is 0.743. The van der Waals surface area contributed by atoms with Crippen LogP contribution in [-0.4, -0.2) is 28.9 Å². The average Bonchev–Trinajstić information content (AvgIpc) is 3.07. The molecule has 0 aromatic carbocycles. The highest BCUT2D eigenvalue weighted by atomic mass is 35.5. The van der Waals surface area contributed by atoms with E-state index in [1.165, 1.54) is 10.8 Å². The third kappa shape index (κ3) is 4.16. The lowest BCUT2D eigenvalue weighted by Gasteiger charge is -2.26. The van der Waals surface area contributed by atoms with Crippen LogP contribution in [-0.2, 0) is 18.3 Å². The summed E-state index contributed by atoms with van der Waals surface area (Å²) in [5, 5.41) is -0.0553. The minimum Gasteiger partial charge on any atom is -0.426 e. The smallest absolute Gasteiger partial charge is 0.397 e. The van der Waals surface area contributed by atoms with Crippen LogP contribution >= 0.6 is 20.2 Å². The van der Waals surface area contributed by atoms with Crippen LogP contribution in [0.3, 0.4) is 0 Å². The second-order valence-corrected chi connectivity index (χ2v) is 8.25. The molecule has 0 radical (unpaired) electrons. The highest BCUT2D eigenvalue weighted by molar-refractivity contribution is 7.41. The molecule has 0 bridgehead atoms. The van der Waals surface area contributed by atoms with Gasteiger partial charge in [0, 0.05) is 11.8 Å². The molecule has 10 heteroatoms. The number of rotatable bonds is 4. The highest BCUT2D eigenvalue weighted by Crippen LogP contribution is 2.49. The van der Waals surface area contributed by atoms with E-state index in [2.05, 4.69) is 17.1 Å². The number of nitrogens with zero attached hydrogens (tertiary/aromatic N) is 1. The summed E-state index contributed by atoms with van der Waals surface area (Å²) in [6.07, 6.45) is 8.97. The molecule has 8 nitrogen and oxygen atoms in total. The molecule has 1 saturated heterocycles. The van der Waals surface area contributed by atoms with Crippen molar-refractivity contribution in [1.29, 1.82) is 0 Å². The Kier molecular flexibility index (Phi) is 5.85. The van der Waals surface area contributed by atoms with E-state index in [0.717, 1.165) is 23.3 Å². The number of halogens is 1. The van der Waals surface area contributed by atoms with Gasteiger partial charge < -0.3 is 9.26 Å². The molecule has 28 heavy (non-hydrogen) atoms. The molecule has 1 fully saturated rings. The van der Waals surface area contributed by atoms with Gasteiger partial charge in [0.05, 0.1) is 19.3 Å². The van der Waals surface area contributed by atoms with Gasteiger partial charge in [-0.1, -0.05) is 29.8 Å². The van der Waals surface area contributed by atoms with Crippen LogP contribution in [0.2, 0.25) is 5.02 Å². The van der Waals surface area contributed by atoms with Gasteiger partial charge in [-0.2, -0.15) is 0 Å². The van der Waals surface area contributed by atoms with Crippen molar-refractivity contribution >= 4 is 20.2 Å². The predicted octanol–water partition coefficient (Wildman–Crippen LogP) is 3.32. The van der Waals surface area contributed by atoms with Crippen molar-refractivity contribution in [3.8, 4) is 0 Å². The number of hydrogen-bond acceptors (Lipinski definition) is 6. The Morgan fingerprint density at radius 3 is 3.11 bits per heavy atom. The molecule has 0 spiro atoms. The van der Waals surface area contributed by atoms with E-state index in [-0.39, 0.29) is 17.7 Å². The Bertz CT molecular complexity index is 966. The Morgan fingerprint density at radius 2 is 2.25 bits per heavy atom. The van der Waals surface area contributed by atoms with E-state index in [9.17, 15) is 9.59 Å². The molecule has 1 aromatic heterocycles. The molecule has 3 aliphatic rings. The maximum atomic E-state index is 12.0. The van der Waals surface area contributed by atoms with Crippen molar-refractivity contribution in [2.75, 3.05) is 13.2 Å². The molecular weight excluding hydrogens is 407 g/mol. The zero-order valence-corrected chi connectivity index (χ0v) is 16.9.